The van der Waals surface area contributed by atoms with Crippen LogP contribution >= 0.6 is 0 Å². The topological polar surface area (TPSA) is 78.9 Å². The molecule has 0 aromatic heterocycles. The average molecular weight is 1150 g/mol. The van der Waals surface area contributed by atoms with Gasteiger partial charge in [0.2, 0.25) is 0 Å². The van der Waals surface area contributed by atoms with Crippen molar-refractivity contribution < 1.29 is 28.6 Å². The van der Waals surface area contributed by atoms with E-state index in [1.165, 1.54) is 122 Å². The molecule has 0 rings (SSSR count). The van der Waals surface area contributed by atoms with Crippen LogP contribution in [0.4, 0.5) is 0 Å². The van der Waals surface area contributed by atoms with Crippen LogP contribution in [-0.4, -0.2) is 37.2 Å². The molecular formula is C77H126O6. The van der Waals surface area contributed by atoms with Crippen LogP contribution in [0.5, 0.6) is 0 Å². The Morgan fingerprint density at radius 2 is 0.470 bits per heavy atom. The highest BCUT2D eigenvalue weighted by Crippen LogP contribution is 2.16. The molecule has 0 N–H and O–H groups in total. The number of rotatable bonds is 61. The van der Waals surface area contributed by atoms with E-state index in [9.17, 15) is 14.4 Å². The lowest BCUT2D eigenvalue weighted by Crippen LogP contribution is -2.30. The number of ether oxygens (including phenoxy) is 3. The maximum Gasteiger partial charge on any atom is 0.306 e. The number of esters is 3. The molecule has 0 saturated carbocycles. The molecule has 6 heteroatoms. The van der Waals surface area contributed by atoms with Crippen LogP contribution in [0.25, 0.3) is 0 Å². The van der Waals surface area contributed by atoms with Crippen molar-refractivity contribution in [1.29, 1.82) is 0 Å². The SMILES string of the molecule is CC/C=C\C/C=C\C/C=C\C/C=C\C/C=C\CCCCCCCCCC(=O)OCC(COC(=O)CCCCC/C=C\C/C=C\C/C=C\C/C=C\C/C=C\CC)OC(=O)CCCCCCCCCCCCC/C=C\C/C=C\CCCCCCC. The Balaban J connectivity index is 4.48. The number of allylic oxidation sites excluding steroid dienone is 24. The Hall–Kier alpha value is -4.71. The van der Waals surface area contributed by atoms with Crippen molar-refractivity contribution in [2.75, 3.05) is 13.2 Å². The van der Waals surface area contributed by atoms with Crippen molar-refractivity contribution in [3.63, 3.8) is 0 Å². The number of hydrogen-bond donors (Lipinski definition) is 0. The van der Waals surface area contributed by atoms with Crippen molar-refractivity contribution in [3.05, 3.63) is 146 Å². The fourth-order valence-corrected chi connectivity index (χ4v) is 9.23. The van der Waals surface area contributed by atoms with Crippen molar-refractivity contribution in [2.24, 2.45) is 0 Å². The summed E-state index contributed by atoms with van der Waals surface area (Å²) in [5.41, 5.74) is 0. The first-order valence-corrected chi connectivity index (χ1v) is 34.3. The third kappa shape index (κ3) is 68.0. The quantitative estimate of drug-likeness (QED) is 0.0261. The second kappa shape index (κ2) is 69.8. The van der Waals surface area contributed by atoms with E-state index in [1.54, 1.807) is 0 Å². The average Bonchev–Trinajstić information content (AvgIpc) is 3.49. The molecule has 0 spiro atoms. The zero-order chi connectivity index (χ0) is 59.9. The molecule has 0 heterocycles. The van der Waals surface area contributed by atoms with E-state index in [0.717, 1.165) is 141 Å². The van der Waals surface area contributed by atoms with Crippen LogP contribution in [-0.2, 0) is 28.6 Å². The molecule has 83 heavy (non-hydrogen) atoms. The van der Waals surface area contributed by atoms with Gasteiger partial charge in [0, 0.05) is 19.3 Å². The van der Waals surface area contributed by atoms with Crippen molar-refractivity contribution in [1.82, 2.24) is 0 Å². The minimum atomic E-state index is -0.807. The van der Waals surface area contributed by atoms with E-state index in [1.807, 2.05) is 0 Å². The minimum Gasteiger partial charge on any atom is -0.462 e. The maximum atomic E-state index is 13.0. The van der Waals surface area contributed by atoms with Gasteiger partial charge in [0.05, 0.1) is 0 Å². The van der Waals surface area contributed by atoms with Crippen LogP contribution in [0, 0.1) is 0 Å². The van der Waals surface area contributed by atoms with E-state index in [-0.39, 0.29) is 31.1 Å². The number of carbonyl (C=O) groups excluding carboxylic acids is 3. The first-order valence-electron chi connectivity index (χ1n) is 34.3. The second-order valence-corrected chi connectivity index (χ2v) is 22.3. The van der Waals surface area contributed by atoms with Gasteiger partial charge in [0.15, 0.2) is 6.10 Å². The molecule has 0 amide bonds. The summed E-state index contributed by atoms with van der Waals surface area (Å²) in [4.78, 5) is 38.5. The summed E-state index contributed by atoms with van der Waals surface area (Å²) in [6, 6.07) is 0. The molecule has 0 bridgehead atoms. The van der Waals surface area contributed by atoms with Crippen LogP contribution < -0.4 is 0 Å². The van der Waals surface area contributed by atoms with Gasteiger partial charge in [0.1, 0.15) is 13.2 Å². The molecule has 0 aromatic carbocycles. The van der Waals surface area contributed by atoms with Gasteiger partial charge in [-0.1, -0.05) is 289 Å². The maximum absolute atomic E-state index is 13.0. The summed E-state index contributed by atoms with van der Waals surface area (Å²) >= 11 is 0. The van der Waals surface area contributed by atoms with Gasteiger partial charge in [-0.05, 0) is 141 Å². The second-order valence-electron chi connectivity index (χ2n) is 22.3. The fourth-order valence-electron chi connectivity index (χ4n) is 9.23. The summed E-state index contributed by atoms with van der Waals surface area (Å²) in [6.45, 7) is 6.38. The molecule has 0 radical (unpaired) electrons. The first kappa shape index (κ1) is 78.3. The Kier molecular flexibility index (Phi) is 65.8. The van der Waals surface area contributed by atoms with E-state index in [2.05, 4.69) is 167 Å². The molecule has 0 aliphatic carbocycles. The normalized spacial score (nSPS) is 13.0. The van der Waals surface area contributed by atoms with E-state index in [4.69, 9.17) is 14.2 Å². The van der Waals surface area contributed by atoms with Crippen molar-refractivity contribution >= 4 is 17.9 Å². The Labute approximate surface area is 512 Å². The lowest BCUT2D eigenvalue weighted by Gasteiger charge is -2.18. The number of hydrogen-bond acceptors (Lipinski definition) is 6. The van der Waals surface area contributed by atoms with Gasteiger partial charge in [0.25, 0.3) is 0 Å². The van der Waals surface area contributed by atoms with Gasteiger partial charge in [-0.3, -0.25) is 14.4 Å². The van der Waals surface area contributed by atoms with Crippen molar-refractivity contribution in [3.8, 4) is 0 Å². The van der Waals surface area contributed by atoms with Gasteiger partial charge >= 0.3 is 17.9 Å². The van der Waals surface area contributed by atoms with E-state index in [0.29, 0.717) is 19.3 Å². The molecular weight excluding hydrogens is 1020 g/mol. The molecule has 0 fully saturated rings. The number of unbranched alkanes of at least 4 members (excludes halogenated alkanes) is 26. The molecule has 6 nitrogen and oxygen atoms in total. The van der Waals surface area contributed by atoms with Gasteiger partial charge < -0.3 is 14.2 Å². The summed E-state index contributed by atoms with van der Waals surface area (Å²) in [5, 5.41) is 0. The standard InChI is InChI=1S/C77H126O6/c1-4-7-10-13-16-19-22-25-28-31-34-36-38-40-43-46-49-52-55-58-61-64-67-70-76(79)82-73-74(72-81-75(78)69-66-63-60-57-54-51-48-45-42-33-30-27-24-21-18-15-12-9-6-3)83-77(80)71-68-65-62-59-56-53-50-47-44-41-39-37-35-32-29-26-23-20-17-14-11-8-5-2/h7,9-10,12,16,18-19,21,23,25-28,30,32,34-36,40,42-43,45,51,54,74H,4-6,8,11,13-15,17,20,22,24,29,31,33,37-39,41,44,46-50,52-53,55-73H2,1-3H3/b10-7-,12-9-,19-16-,21-18-,26-23-,28-25-,30-27-,35-32-,36-34-,43-40-,45-42-,54-51-. The zero-order valence-electron chi connectivity index (χ0n) is 53.9. The first-order chi connectivity index (χ1) is 41.0. The molecule has 0 saturated heterocycles. The van der Waals surface area contributed by atoms with Crippen molar-refractivity contribution in [2.45, 2.75) is 309 Å². The fraction of sp³-hybridized carbons (Fsp3) is 0.649. The Morgan fingerprint density at radius 1 is 0.253 bits per heavy atom. The highest BCUT2D eigenvalue weighted by atomic mass is 16.6. The van der Waals surface area contributed by atoms with Gasteiger partial charge in [-0.15, -0.1) is 0 Å². The predicted octanol–water partition coefficient (Wildman–Crippen LogP) is 23.9. The monoisotopic (exact) mass is 1150 g/mol. The largest absolute Gasteiger partial charge is 0.462 e. The lowest BCUT2D eigenvalue weighted by atomic mass is 10.0. The molecule has 1 unspecified atom stereocenters. The number of carbonyl (C=O) groups is 3. The Bertz CT molecular complexity index is 1800. The Morgan fingerprint density at radius 3 is 0.747 bits per heavy atom. The smallest absolute Gasteiger partial charge is 0.306 e. The van der Waals surface area contributed by atoms with E-state index < -0.39 is 6.10 Å². The highest BCUT2D eigenvalue weighted by Gasteiger charge is 2.19. The van der Waals surface area contributed by atoms with Crippen LogP contribution in [0.3, 0.4) is 0 Å². The molecule has 0 aliphatic heterocycles. The lowest BCUT2D eigenvalue weighted by molar-refractivity contribution is -0.167. The van der Waals surface area contributed by atoms with E-state index >= 15 is 0 Å². The summed E-state index contributed by atoms with van der Waals surface area (Å²) in [5.74, 6) is -0.940. The molecule has 0 aromatic rings. The molecule has 470 valence electrons. The molecule has 0 aliphatic rings. The molecule has 1 atom stereocenters. The summed E-state index contributed by atoms with van der Waals surface area (Å²) in [6.07, 6.45) is 100.0. The van der Waals surface area contributed by atoms with Gasteiger partial charge in [-0.2, -0.15) is 0 Å². The van der Waals surface area contributed by atoms with Crippen LogP contribution in [0.2, 0.25) is 0 Å². The summed E-state index contributed by atoms with van der Waals surface area (Å²) < 4.78 is 17.0. The zero-order valence-corrected chi connectivity index (χ0v) is 53.9. The van der Waals surface area contributed by atoms with Gasteiger partial charge in [-0.25, -0.2) is 0 Å². The highest BCUT2D eigenvalue weighted by molar-refractivity contribution is 5.71. The van der Waals surface area contributed by atoms with Crippen LogP contribution in [0.1, 0.15) is 303 Å². The van der Waals surface area contributed by atoms with Crippen LogP contribution in [0.15, 0.2) is 146 Å². The third-order valence-electron chi connectivity index (χ3n) is 14.3. The third-order valence-corrected chi connectivity index (χ3v) is 14.3. The minimum absolute atomic E-state index is 0.0999. The summed E-state index contributed by atoms with van der Waals surface area (Å²) in [7, 11) is 0. The predicted molar refractivity (Wildman–Crippen MR) is 362 cm³/mol.